The topological polar surface area (TPSA) is 46.5 Å². The fourth-order valence-corrected chi connectivity index (χ4v) is 3.78. The Balaban J connectivity index is 2.28. The molecule has 0 bridgehead atoms. The summed E-state index contributed by atoms with van der Waals surface area (Å²) in [4.78, 5) is 11.1. The van der Waals surface area contributed by atoms with Crippen molar-refractivity contribution in [1.29, 1.82) is 0 Å². The van der Waals surface area contributed by atoms with Crippen LogP contribution in [0.25, 0.3) is 0 Å². The molecule has 0 spiro atoms. The summed E-state index contributed by atoms with van der Waals surface area (Å²) in [6.45, 7) is 8.21. The predicted molar refractivity (Wildman–Crippen MR) is 75.0 cm³/mol. The highest BCUT2D eigenvalue weighted by molar-refractivity contribution is 5.86. The highest BCUT2D eigenvalue weighted by Gasteiger charge is 2.41. The van der Waals surface area contributed by atoms with Gasteiger partial charge < -0.3 is 9.84 Å². The van der Waals surface area contributed by atoms with E-state index in [-0.39, 0.29) is 17.4 Å². The van der Waals surface area contributed by atoms with Crippen molar-refractivity contribution in [3.05, 3.63) is 23.3 Å². The van der Waals surface area contributed by atoms with E-state index < -0.39 is 5.97 Å². The molecule has 2 aliphatic rings. The van der Waals surface area contributed by atoms with E-state index in [1.807, 2.05) is 0 Å². The molecular formula is C16H24O3. The minimum atomic E-state index is -0.856. The third kappa shape index (κ3) is 2.48. The summed E-state index contributed by atoms with van der Waals surface area (Å²) in [5.41, 5.74) is 3.35. The molecule has 0 heterocycles. The highest BCUT2D eigenvalue weighted by Crippen LogP contribution is 2.52. The molecule has 2 aliphatic carbocycles. The molecule has 19 heavy (non-hydrogen) atoms. The van der Waals surface area contributed by atoms with E-state index in [9.17, 15) is 4.79 Å². The maximum Gasteiger partial charge on any atom is 0.331 e. The van der Waals surface area contributed by atoms with Crippen LogP contribution in [-0.4, -0.2) is 24.3 Å². The summed E-state index contributed by atoms with van der Waals surface area (Å²) in [6, 6.07) is 0. The summed E-state index contributed by atoms with van der Waals surface area (Å²) in [7, 11) is 1.76. The van der Waals surface area contributed by atoms with Gasteiger partial charge in [-0.2, -0.15) is 0 Å². The van der Waals surface area contributed by atoms with Crippen LogP contribution < -0.4 is 0 Å². The van der Waals surface area contributed by atoms with Gasteiger partial charge in [-0.05, 0) is 55.9 Å². The molecule has 0 aromatic carbocycles. The van der Waals surface area contributed by atoms with Gasteiger partial charge in [-0.1, -0.05) is 19.1 Å². The zero-order valence-electron chi connectivity index (χ0n) is 12.2. The standard InChI is InChI=1S/C16H24O3/c1-10(15(17)18)12-5-7-16(3)8-6-14(19-4)11(2)13(16)9-12/h12,14H,1,5-9H2,2-4H3,(H,17,18)/t12-,14+,16-/m0/s1. The molecule has 0 unspecified atom stereocenters. The number of methoxy groups -OCH3 is 1. The summed E-state index contributed by atoms with van der Waals surface area (Å²) in [6.07, 6.45) is 5.27. The smallest absolute Gasteiger partial charge is 0.331 e. The normalized spacial score (nSPS) is 34.9. The van der Waals surface area contributed by atoms with Gasteiger partial charge in [-0.15, -0.1) is 0 Å². The largest absolute Gasteiger partial charge is 0.478 e. The lowest BCUT2D eigenvalue weighted by molar-refractivity contribution is -0.133. The molecule has 0 aromatic heterocycles. The third-order valence-corrected chi connectivity index (χ3v) is 5.19. The molecule has 0 amide bonds. The minimum Gasteiger partial charge on any atom is -0.478 e. The van der Waals surface area contributed by atoms with Crippen LogP contribution in [0, 0.1) is 11.3 Å². The number of hydrogen-bond acceptors (Lipinski definition) is 2. The summed E-state index contributed by atoms with van der Waals surface area (Å²) in [5.74, 6) is -0.767. The summed E-state index contributed by atoms with van der Waals surface area (Å²) >= 11 is 0. The third-order valence-electron chi connectivity index (χ3n) is 5.19. The number of aliphatic carboxylic acids is 1. The Bertz CT molecular complexity index is 435. The number of hydrogen-bond donors (Lipinski definition) is 1. The minimum absolute atomic E-state index is 0.0890. The van der Waals surface area contributed by atoms with Crippen molar-refractivity contribution >= 4 is 5.97 Å². The maximum atomic E-state index is 11.1. The number of ether oxygens (including phenoxy) is 1. The number of carbonyl (C=O) groups is 1. The molecule has 1 saturated carbocycles. The Morgan fingerprint density at radius 1 is 1.42 bits per heavy atom. The van der Waals surface area contributed by atoms with E-state index in [0.717, 1.165) is 32.1 Å². The lowest BCUT2D eigenvalue weighted by atomic mass is 9.60. The van der Waals surface area contributed by atoms with Gasteiger partial charge in [-0.25, -0.2) is 4.79 Å². The Hall–Kier alpha value is -1.09. The molecule has 106 valence electrons. The first-order valence-electron chi connectivity index (χ1n) is 7.04. The maximum absolute atomic E-state index is 11.1. The molecule has 1 N–H and O–H groups in total. The molecule has 0 aliphatic heterocycles. The Kier molecular flexibility index (Phi) is 3.86. The quantitative estimate of drug-likeness (QED) is 0.626. The van der Waals surface area contributed by atoms with Crippen LogP contribution in [0.1, 0.15) is 46.0 Å². The van der Waals surface area contributed by atoms with E-state index in [1.54, 1.807) is 7.11 Å². The average Bonchev–Trinajstić information content (AvgIpc) is 2.38. The summed E-state index contributed by atoms with van der Waals surface area (Å²) < 4.78 is 5.54. The fourth-order valence-electron chi connectivity index (χ4n) is 3.78. The van der Waals surface area contributed by atoms with Gasteiger partial charge in [0.1, 0.15) is 0 Å². The number of fused-ring (bicyclic) bond motifs is 1. The van der Waals surface area contributed by atoms with Crippen LogP contribution in [-0.2, 0) is 9.53 Å². The van der Waals surface area contributed by atoms with E-state index in [4.69, 9.17) is 9.84 Å². The number of carboxylic acids is 1. The molecule has 0 radical (unpaired) electrons. The van der Waals surface area contributed by atoms with Crippen molar-refractivity contribution in [2.45, 2.75) is 52.1 Å². The van der Waals surface area contributed by atoms with E-state index in [1.165, 1.54) is 11.1 Å². The van der Waals surface area contributed by atoms with Crippen LogP contribution in [0.3, 0.4) is 0 Å². The van der Waals surface area contributed by atoms with Crippen LogP contribution in [0.4, 0.5) is 0 Å². The predicted octanol–water partition coefficient (Wildman–Crippen LogP) is 3.56. The van der Waals surface area contributed by atoms with Crippen molar-refractivity contribution in [2.24, 2.45) is 11.3 Å². The Morgan fingerprint density at radius 3 is 2.63 bits per heavy atom. The van der Waals surface area contributed by atoms with E-state index >= 15 is 0 Å². The molecule has 1 fully saturated rings. The van der Waals surface area contributed by atoms with Crippen LogP contribution in [0.2, 0.25) is 0 Å². The lowest BCUT2D eigenvalue weighted by Gasteiger charge is -2.46. The number of rotatable bonds is 3. The molecule has 3 heteroatoms. The second-order valence-corrected chi connectivity index (χ2v) is 6.26. The van der Waals surface area contributed by atoms with Crippen LogP contribution >= 0.6 is 0 Å². The van der Waals surface area contributed by atoms with Crippen molar-refractivity contribution in [3.8, 4) is 0 Å². The number of carboxylic acid groups (broad SMARTS) is 1. The van der Waals surface area contributed by atoms with E-state index in [2.05, 4.69) is 20.4 Å². The first-order valence-corrected chi connectivity index (χ1v) is 7.04. The highest BCUT2D eigenvalue weighted by atomic mass is 16.5. The van der Waals surface area contributed by atoms with Crippen LogP contribution in [0.15, 0.2) is 23.3 Å². The van der Waals surface area contributed by atoms with Crippen LogP contribution in [0.5, 0.6) is 0 Å². The monoisotopic (exact) mass is 264 g/mol. The Labute approximate surface area is 115 Å². The lowest BCUT2D eigenvalue weighted by Crippen LogP contribution is -2.36. The molecule has 3 atom stereocenters. The zero-order chi connectivity index (χ0) is 14.2. The van der Waals surface area contributed by atoms with Gasteiger partial charge in [0.2, 0.25) is 0 Å². The molecule has 2 rings (SSSR count). The van der Waals surface area contributed by atoms with Gasteiger partial charge in [-0.3, -0.25) is 0 Å². The zero-order valence-corrected chi connectivity index (χ0v) is 12.2. The SMILES string of the molecule is C=C(C(=O)O)[C@H]1CC[C@@]2(C)CC[C@@H](OC)C(C)=C2C1. The second-order valence-electron chi connectivity index (χ2n) is 6.26. The van der Waals surface area contributed by atoms with Gasteiger partial charge in [0.15, 0.2) is 0 Å². The summed E-state index contributed by atoms with van der Waals surface area (Å²) in [5, 5.41) is 9.12. The van der Waals surface area contributed by atoms with Crippen molar-refractivity contribution in [3.63, 3.8) is 0 Å². The van der Waals surface area contributed by atoms with Gasteiger partial charge in [0.05, 0.1) is 6.10 Å². The second kappa shape index (κ2) is 5.12. The molecule has 0 aromatic rings. The van der Waals surface area contributed by atoms with Gasteiger partial charge in [0, 0.05) is 12.7 Å². The fraction of sp³-hybridized carbons (Fsp3) is 0.688. The molecule has 0 saturated heterocycles. The number of allylic oxidation sites excluding steroid dienone is 1. The van der Waals surface area contributed by atoms with E-state index in [0.29, 0.717) is 5.57 Å². The Morgan fingerprint density at radius 2 is 2.05 bits per heavy atom. The van der Waals surface area contributed by atoms with Gasteiger partial charge in [0.25, 0.3) is 0 Å². The van der Waals surface area contributed by atoms with Crippen molar-refractivity contribution < 1.29 is 14.6 Å². The first kappa shape index (κ1) is 14.3. The van der Waals surface area contributed by atoms with Gasteiger partial charge >= 0.3 is 5.97 Å². The van der Waals surface area contributed by atoms with Crippen molar-refractivity contribution in [2.75, 3.05) is 7.11 Å². The van der Waals surface area contributed by atoms with Crippen molar-refractivity contribution in [1.82, 2.24) is 0 Å². The average molecular weight is 264 g/mol. The molecular weight excluding hydrogens is 240 g/mol. The first-order chi connectivity index (χ1) is 8.89. The molecule has 3 nitrogen and oxygen atoms in total.